The summed E-state index contributed by atoms with van der Waals surface area (Å²) in [5, 5.41) is 0.629. The van der Waals surface area contributed by atoms with Gasteiger partial charge in [0.15, 0.2) is 0 Å². The molecule has 0 saturated carbocycles. The van der Waals surface area contributed by atoms with Gasteiger partial charge in [0, 0.05) is 0 Å². The third-order valence-corrected chi connectivity index (χ3v) is 2.44. The SMILES string of the molecule is CC(Br)c1nc2ccccc2c(=O)[nH]1. The van der Waals surface area contributed by atoms with E-state index in [9.17, 15) is 4.79 Å². The smallest absolute Gasteiger partial charge is 0.258 e. The largest absolute Gasteiger partial charge is 0.309 e. The number of nitrogens with zero attached hydrogens (tertiary/aromatic N) is 1. The highest BCUT2D eigenvalue weighted by Crippen LogP contribution is 2.17. The molecule has 0 saturated heterocycles. The molecular weight excluding hydrogens is 244 g/mol. The lowest BCUT2D eigenvalue weighted by Crippen LogP contribution is -2.11. The van der Waals surface area contributed by atoms with Crippen LogP contribution in [-0.4, -0.2) is 9.97 Å². The average molecular weight is 253 g/mol. The highest BCUT2D eigenvalue weighted by atomic mass is 79.9. The zero-order valence-electron chi connectivity index (χ0n) is 7.62. The van der Waals surface area contributed by atoms with Gasteiger partial charge in [0.05, 0.1) is 15.7 Å². The molecule has 14 heavy (non-hydrogen) atoms. The van der Waals surface area contributed by atoms with Gasteiger partial charge >= 0.3 is 0 Å². The summed E-state index contributed by atoms with van der Waals surface area (Å²) >= 11 is 3.37. The molecular formula is C10H9BrN2O. The maximum absolute atomic E-state index is 11.6. The number of alkyl halides is 1. The van der Waals surface area contributed by atoms with Crippen molar-refractivity contribution in [3.63, 3.8) is 0 Å². The molecule has 0 radical (unpaired) electrons. The van der Waals surface area contributed by atoms with E-state index >= 15 is 0 Å². The van der Waals surface area contributed by atoms with E-state index < -0.39 is 0 Å². The summed E-state index contributed by atoms with van der Waals surface area (Å²) in [5.41, 5.74) is 0.648. The standard InChI is InChI=1S/C10H9BrN2O/c1-6(11)9-12-8-5-3-2-4-7(8)10(14)13-9/h2-6H,1H3,(H,12,13,14). The second-order valence-electron chi connectivity index (χ2n) is 3.08. The van der Waals surface area contributed by atoms with Gasteiger partial charge in [-0.2, -0.15) is 0 Å². The van der Waals surface area contributed by atoms with Crippen molar-refractivity contribution in [2.24, 2.45) is 0 Å². The van der Waals surface area contributed by atoms with Gasteiger partial charge in [0.2, 0.25) is 0 Å². The molecule has 0 bridgehead atoms. The Morgan fingerprint density at radius 3 is 2.86 bits per heavy atom. The molecule has 1 N–H and O–H groups in total. The molecule has 1 atom stereocenters. The van der Waals surface area contributed by atoms with Crippen molar-refractivity contribution in [2.45, 2.75) is 11.8 Å². The number of aromatic nitrogens is 2. The number of rotatable bonds is 1. The normalized spacial score (nSPS) is 13.0. The van der Waals surface area contributed by atoms with Crippen LogP contribution in [0.3, 0.4) is 0 Å². The predicted molar refractivity (Wildman–Crippen MR) is 59.7 cm³/mol. The fraction of sp³-hybridized carbons (Fsp3) is 0.200. The zero-order chi connectivity index (χ0) is 10.1. The Labute approximate surface area is 89.3 Å². The molecule has 3 nitrogen and oxygen atoms in total. The molecule has 0 amide bonds. The van der Waals surface area contributed by atoms with Crippen LogP contribution in [0.4, 0.5) is 0 Å². The average Bonchev–Trinajstić information content (AvgIpc) is 2.17. The van der Waals surface area contributed by atoms with Gasteiger partial charge in [0.25, 0.3) is 5.56 Å². The number of H-pyrrole nitrogens is 1. The van der Waals surface area contributed by atoms with E-state index in [-0.39, 0.29) is 10.4 Å². The zero-order valence-corrected chi connectivity index (χ0v) is 9.21. The Hall–Kier alpha value is -1.16. The first kappa shape index (κ1) is 9.40. The van der Waals surface area contributed by atoms with Crippen LogP contribution in [0.25, 0.3) is 10.9 Å². The lowest BCUT2D eigenvalue weighted by Gasteiger charge is -2.03. The molecule has 1 heterocycles. The number of aromatic amines is 1. The molecule has 4 heteroatoms. The van der Waals surface area contributed by atoms with Gasteiger partial charge in [-0.3, -0.25) is 4.79 Å². The van der Waals surface area contributed by atoms with Crippen molar-refractivity contribution < 1.29 is 0 Å². The summed E-state index contributed by atoms with van der Waals surface area (Å²) in [5.74, 6) is 0.661. The third-order valence-electron chi connectivity index (χ3n) is 2.01. The highest BCUT2D eigenvalue weighted by Gasteiger charge is 2.06. The molecule has 0 aliphatic rings. The van der Waals surface area contributed by atoms with Crippen molar-refractivity contribution in [3.05, 3.63) is 40.4 Å². The number of hydrogen-bond donors (Lipinski definition) is 1. The van der Waals surface area contributed by atoms with Crippen LogP contribution in [0, 0.1) is 0 Å². The third kappa shape index (κ3) is 1.57. The monoisotopic (exact) mass is 252 g/mol. The van der Waals surface area contributed by atoms with E-state index in [0.29, 0.717) is 11.2 Å². The summed E-state index contributed by atoms with van der Waals surface area (Å²) in [6.45, 7) is 1.92. The minimum Gasteiger partial charge on any atom is -0.309 e. The van der Waals surface area contributed by atoms with Crippen LogP contribution in [0.2, 0.25) is 0 Å². The highest BCUT2D eigenvalue weighted by molar-refractivity contribution is 9.09. The van der Waals surface area contributed by atoms with Crippen molar-refractivity contribution in [1.29, 1.82) is 0 Å². The van der Waals surface area contributed by atoms with Crippen LogP contribution >= 0.6 is 15.9 Å². The summed E-state index contributed by atoms with van der Waals surface area (Å²) < 4.78 is 0. The van der Waals surface area contributed by atoms with Gasteiger partial charge in [-0.15, -0.1) is 0 Å². The maximum atomic E-state index is 11.6. The molecule has 2 aromatic rings. The summed E-state index contributed by atoms with van der Waals surface area (Å²) in [4.78, 5) is 18.7. The quantitative estimate of drug-likeness (QED) is 0.793. The van der Waals surface area contributed by atoms with Crippen LogP contribution in [-0.2, 0) is 0 Å². The maximum Gasteiger partial charge on any atom is 0.258 e. The van der Waals surface area contributed by atoms with Crippen LogP contribution in [0.5, 0.6) is 0 Å². The van der Waals surface area contributed by atoms with E-state index in [2.05, 4.69) is 25.9 Å². The van der Waals surface area contributed by atoms with Crippen LogP contribution < -0.4 is 5.56 Å². The van der Waals surface area contributed by atoms with E-state index in [1.165, 1.54) is 0 Å². The Kier molecular flexibility index (Phi) is 2.37. The van der Waals surface area contributed by atoms with E-state index in [4.69, 9.17) is 0 Å². The topological polar surface area (TPSA) is 45.8 Å². The Morgan fingerprint density at radius 2 is 2.14 bits per heavy atom. The molecule has 0 aliphatic heterocycles. The lowest BCUT2D eigenvalue weighted by molar-refractivity contribution is 0.936. The van der Waals surface area contributed by atoms with Gasteiger partial charge in [-0.25, -0.2) is 4.98 Å². The number of nitrogens with one attached hydrogen (secondary N) is 1. The molecule has 0 aliphatic carbocycles. The Balaban J connectivity index is 2.79. The van der Waals surface area contributed by atoms with Crippen molar-refractivity contribution in [3.8, 4) is 0 Å². The molecule has 0 spiro atoms. The fourth-order valence-electron chi connectivity index (χ4n) is 1.29. The second-order valence-corrected chi connectivity index (χ2v) is 4.46. The summed E-state index contributed by atoms with van der Waals surface area (Å²) in [6, 6.07) is 7.31. The van der Waals surface area contributed by atoms with Gasteiger partial charge in [-0.1, -0.05) is 28.1 Å². The number of halogens is 1. The summed E-state index contributed by atoms with van der Waals surface area (Å²) in [7, 11) is 0. The number of hydrogen-bond acceptors (Lipinski definition) is 2. The Morgan fingerprint density at radius 1 is 1.43 bits per heavy atom. The van der Waals surface area contributed by atoms with E-state index in [1.54, 1.807) is 6.07 Å². The van der Waals surface area contributed by atoms with Crippen LogP contribution in [0.15, 0.2) is 29.1 Å². The number of para-hydroxylation sites is 1. The van der Waals surface area contributed by atoms with Crippen LogP contribution in [0.1, 0.15) is 17.6 Å². The van der Waals surface area contributed by atoms with Crippen molar-refractivity contribution in [1.82, 2.24) is 9.97 Å². The molecule has 2 rings (SSSR count). The Bertz CT molecular complexity index is 519. The van der Waals surface area contributed by atoms with E-state index in [0.717, 1.165) is 5.52 Å². The molecule has 1 unspecified atom stereocenters. The van der Waals surface area contributed by atoms with Gasteiger partial charge in [0.1, 0.15) is 5.82 Å². The minimum absolute atomic E-state index is 0.0554. The predicted octanol–water partition coefficient (Wildman–Crippen LogP) is 2.38. The summed E-state index contributed by atoms with van der Waals surface area (Å²) in [6.07, 6.45) is 0. The van der Waals surface area contributed by atoms with E-state index in [1.807, 2.05) is 25.1 Å². The second kappa shape index (κ2) is 3.53. The first-order valence-electron chi connectivity index (χ1n) is 4.31. The van der Waals surface area contributed by atoms with Crippen molar-refractivity contribution in [2.75, 3.05) is 0 Å². The van der Waals surface area contributed by atoms with Gasteiger partial charge < -0.3 is 4.98 Å². The molecule has 0 fully saturated rings. The fourth-order valence-corrected chi connectivity index (χ4v) is 1.51. The molecule has 72 valence electrons. The first-order valence-corrected chi connectivity index (χ1v) is 5.23. The lowest BCUT2D eigenvalue weighted by atomic mass is 10.2. The first-order chi connectivity index (χ1) is 6.68. The molecule has 1 aromatic heterocycles. The number of fused-ring (bicyclic) bond motifs is 1. The van der Waals surface area contributed by atoms with Crippen molar-refractivity contribution >= 4 is 26.8 Å². The minimum atomic E-state index is -0.0862. The molecule has 1 aromatic carbocycles. The number of benzene rings is 1. The van der Waals surface area contributed by atoms with Gasteiger partial charge in [-0.05, 0) is 19.1 Å².